The van der Waals surface area contributed by atoms with Crippen molar-refractivity contribution in [1.29, 1.82) is 0 Å². The van der Waals surface area contributed by atoms with Gasteiger partial charge in [0.1, 0.15) is 0 Å². The molecule has 2 nitrogen and oxygen atoms in total. The molecule has 0 aromatic heterocycles. The average molecular weight is 265 g/mol. The molecule has 0 aromatic carbocycles. The first-order chi connectivity index (χ1) is 8.79. The Bertz CT molecular complexity index is 320. The molecule has 0 aromatic rings. The second-order valence-corrected chi connectivity index (χ2v) is 8.73. The molecule has 3 unspecified atom stereocenters. The van der Waals surface area contributed by atoms with Crippen LogP contribution in [0, 0.1) is 17.8 Å². The number of allylic oxidation sites excluding steroid dienone is 2. The monoisotopic (exact) mass is 265 g/mol. The van der Waals surface area contributed by atoms with Crippen molar-refractivity contribution in [3.8, 4) is 0 Å². The first-order valence-corrected chi connectivity index (χ1v) is 8.75. The normalized spacial score (nSPS) is 39.9. The molecule has 0 spiro atoms. The Labute approximate surface area is 113 Å². The van der Waals surface area contributed by atoms with Crippen LogP contribution >= 0.6 is 0 Å². The zero-order valence-corrected chi connectivity index (χ0v) is 12.7. The molecule has 3 rings (SSSR count). The van der Waals surface area contributed by atoms with Gasteiger partial charge in [-0.05, 0) is 30.6 Å². The fraction of sp³-hybridized carbons (Fsp3) is 0.867. The molecular formula is C15H25O2Si. The Morgan fingerprint density at radius 3 is 2.44 bits per heavy atom. The van der Waals surface area contributed by atoms with Crippen LogP contribution in [-0.4, -0.2) is 23.5 Å². The summed E-state index contributed by atoms with van der Waals surface area (Å²) >= 11 is 0. The van der Waals surface area contributed by atoms with Gasteiger partial charge in [-0.3, -0.25) is 0 Å². The molecule has 0 N–H and O–H groups in total. The summed E-state index contributed by atoms with van der Waals surface area (Å²) in [6.07, 6.45) is 14.8. The first-order valence-electron chi connectivity index (χ1n) is 7.44. The van der Waals surface area contributed by atoms with E-state index in [1.807, 2.05) is 14.2 Å². The molecule has 0 heterocycles. The van der Waals surface area contributed by atoms with Crippen molar-refractivity contribution >= 4 is 9.28 Å². The summed E-state index contributed by atoms with van der Waals surface area (Å²) < 4.78 is 11.3. The molecular weight excluding hydrogens is 240 g/mol. The molecule has 2 bridgehead atoms. The topological polar surface area (TPSA) is 18.5 Å². The van der Waals surface area contributed by atoms with Gasteiger partial charge in [0.2, 0.25) is 0 Å². The van der Waals surface area contributed by atoms with Gasteiger partial charge in [-0.1, -0.05) is 44.3 Å². The lowest BCUT2D eigenvalue weighted by molar-refractivity contribution is 0.211. The molecule has 0 aliphatic heterocycles. The lowest BCUT2D eigenvalue weighted by atomic mass is 9.74. The van der Waals surface area contributed by atoms with Crippen molar-refractivity contribution in [2.75, 3.05) is 14.2 Å². The van der Waals surface area contributed by atoms with E-state index in [9.17, 15) is 0 Å². The minimum Gasteiger partial charge on any atom is -0.396 e. The van der Waals surface area contributed by atoms with Crippen LogP contribution in [0.1, 0.15) is 44.9 Å². The minimum atomic E-state index is -1.13. The Balaban J connectivity index is 1.73. The summed E-state index contributed by atoms with van der Waals surface area (Å²) in [5.74, 6) is 2.71. The third-order valence-electron chi connectivity index (χ3n) is 5.44. The summed E-state index contributed by atoms with van der Waals surface area (Å²) in [6.45, 7) is 0. The average Bonchev–Trinajstić information content (AvgIpc) is 3.00. The van der Waals surface area contributed by atoms with Gasteiger partial charge in [0, 0.05) is 19.3 Å². The van der Waals surface area contributed by atoms with Crippen LogP contribution in [0.25, 0.3) is 0 Å². The third kappa shape index (κ3) is 2.00. The van der Waals surface area contributed by atoms with Crippen molar-refractivity contribution in [1.82, 2.24) is 0 Å². The lowest BCUT2D eigenvalue weighted by Crippen LogP contribution is -2.34. The van der Waals surface area contributed by atoms with E-state index in [-0.39, 0.29) is 5.04 Å². The fourth-order valence-electron chi connectivity index (χ4n) is 4.69. The van der Waals surface area contributed by atoms with E-state index in [2.05, 4.69) is 12.2 Å². The predicted octanol–water partition coefficient (Wildman–Crippen LogP) is 3.68. The van der Waals surface area contributed by atoms with Gasteiger partial charge in [-0.2, -0.15) is 0 Å². The van der Waals surface area contributed by atoms with Crippen molar-refractivity contribution in [3.63, 3.8) is 0 Å². The van der Waals surface area contributed by atoms with Crippen molar-refractivity contribution in [3.05, 3.63) is 12.2 Å². The van der Waals surface area contributed by atoms with E-state index in [4.69, 9.17) is 8.85 Å². The maximum atomic E-state index is 5.67. The number of hydrogen-bond acceptors (Lipinski definition) is 2. The summed E-state index contributed by atoms with van der Waals surface area (Å²) in [4.78, 5) is 0. The van der Waals surface area contributed by atoms with Crippen LogP contribution in [0.3, 0.4) is 0 Å². The van der Waals surface area contributed by atoms with Crippen molar-refractivity contribution < 1.29 is 8.85 Å². The van der Waals surface area contributed by atoms with Gasteiger partial charge in [0.25, 0.3) is 0 Å². The van der Waals surface area contributed by atoms with Gasteiger partial charge >= 0.3 is 9.28 Å². The largest absolute Gasteiger partial charge is 0.396 e. The van der Waals surface area contributed by atoms with Crippen molar-refractivity contribution in [2.24, 2.45) is 17.8 Å². The lowest BCUT2D eigenvalue weighted by Gasteiger charge is -2.34. The zero-order valence-electron chi connectivity index (χ0n) is 11.7. The highest BCUT2D eigenvalue weighted by atomic mass is 28.3. The highest BCUT2D eigenvalue weighted by Crippen LogP contribution is 2.62. The molecule has 3 aliphatic carbocycles. The van der Waals surface area contributed by atoms with Crippen LogP contribution in [0.15, 0.2) is 12.2 Å². The molecule has 3 atom stereocenters. The quantitative estimate of drug-likeness (QED) is 0.570. The molecule has 0 saturated heterocycles. The smallest absolute Gasteiger partial charge is 0.395 e. The van der Waals surface area contributed by atoms with E-state index in [0.29, 0.717) is 0 Å². The van der Waals surface area contributed by atoms with Crippen LogP contribution in [-0.2, 0) is 8.85 Å². The Kier molecular flexibility index (Phi) is 3.65. The highest BCUT2D eigenvalue weighted by Gasteiger charge is 2.55. The summed E-state index contributed by atoms with van der Waals surface area (Å²) in [7, 11) is 2.52. The Morgan fingerprint density at radius 1 is 1.06 bits per heavy atom. The molecule has 2 saturated carbocycles. The zero-order chi connectivity index (χ0) is 12.6. The van der Waals surface area contributed by atoms with Crippen LogP contribution in [0.4, 0.5) is 0 Å². The van der Waals surface area contributed by atoms with Crippen LogP contribution in [0.2, 0.25) is 5.04 Å². The second-order valence-electron chi connectivity index (χ2n) is 6.35. The number of hydrogen-bond donors (Lipinski definition) is 0. The maximum Gasteiger partial charge on any atom is 0.395 e. The SMILES string of the molecule is CO[Si](OC)C12C=CC(C1)C(C1CCCCC1)C2. The molecule has 2 fully saturated rings. The Morgan fingerprint density at radius 2 is 1.78 bits per heavy atom. The molecule has 3 aliphatic rings. The van der Waals surface area contributed by atoms with E-state index in [1.165, 1.54) is 44.9 Å². The van der Waals surface area contributed by atoms with Gasteiger partial charge < -0.3 is 8.85 Å². The number of fused-ring (bicyclic) bond motifs is 2. The maximum absolute atomic E-state index is 5.67. The van der Waals surface area contributed by atoms with Crippen LogP contribution in [0.5, 0.6) is 0 Å². The minimum absolute atomic E-state index is 0.279. The fourth-order valence-corrected chi connectivity index (χ4v) is 6.70. The van der Waals surface area contributed by atoms with E-state index in [1.54, 1.807) is 0 Å². The van der Waals surface area contributed by atoms with E-state index >= 15 is 0 Å². The van der Waals surface area contributed by atoms with Gasteiger partial charge in [-0.15, -0.1) is 0 Å². The van der Waals surface area contributed by atoms with Crippen LogP contribution < -0.4 is 0 Å². The van der Waals surface area contributed by atoms with Gasteiger partial charge in [0.05, 0.1) is 0 Å². The van der Waals surface area contributed by atoms with Gasteiger partial charge in [0.15, 0.2) is 0 Å². The summed E-state index contributed by atoms with van der Waals surface area (Å²) in [5, 5.41) is 0.279. The van der Waals surface area contributed by atoms with E-state index < -0.39 is 9.28 Å². The number of rotatable bonds is 4. The summed E-state index contributed by atoms with van der Waals surface area (Å²) in [5.41, 5.74) is 0. The van der Waals surface area contributed by atoms with Crippen molar-refractivity contribution in [2.45, 2.75) is 50.0 Å². The molecule has 101 valence electrons. The molecule has 1 radical (unpaired) electrons. The summed E-state index contributed by atoms with van der Waals surface area (Å²) in [6, 6.07) is 0. The Hall–Kier alpha value is -0.123. The van der Waals surface area contributed by atoms with E-state index in [0.717, 1.165) is 17.8 Å². The molecule has 18 heavy (non-hydrogen) atoms. The highest BCUT2D eigenvalue weighted by molar-refractivity contribution is 6.49. The molecule has 0 amide bonds. The third-order valence-corrected chi connectivity index (χ3v) is 7.57. The second kappa shape index (κ2) is 5.10. The predicted molar refractivity (Wildman–Crippen MR) is 74.4 cm³/mol. The standard InChI is InChI=1S/C15H25O2Si/c1-16-18(17-2)15-9-8-13(10-15)14(11-15)12-6-4-3-5-7-12/h8-9,12-14H,3-7,10-11H2,1-2H3. The van der Waals surface area contributed by atoms with Gasteiger partial charge in [-0.25, -0.2) is 0 Å². The first kappa shape index (κ1) is 12.9. The molecule has 3 heteroatoms.